The fraction of sp³-hybridized carbons (Fsp3) is 0.182. The van der Waals surface area contributed by atoms with Gasteiger partial charge in [0.15, 0.2) is 5.69 Å². The summed E-state index contributed by atoms with van der Waals surface area (Å²) in [6, 6.07) is 47.0. The summed E-state index contributed by atoms with van der Waals surface area (Å²) in [5, 5.41) is 12.6. The Labute approximate surface area is 378 Å². The number of aromatic nitrogens is 3. The largest absolute Gasteiger partial charge is 0.507 e. The third kappa shape index (κ3) is 7.67. The summed E-state index contributed by atoms with van der Waals surface area (Å²) >= 11 is 0. The summed E-state index contributed by atoms with van der Waals surface area (Å²) in [5.74, 6) is 1.09. The van der Waals surface area contributed by atoms with Gasteiger partial charge in [-0.25, -0.2) is 9.83 Å². The fourth-order valence-corrected chi connectivity index (χ4v) is 8.38. The van der Waals surface area contributed by atoms with Crippen LogP contribution in [-0.4, -0.2) is 19.6 Å². The van der Waals surface area contributed by atoms with Crippen molar-refractivity contribution in [2.75, 3.05) is 0 Å². The number of para-hydroxylation sites is 1. The van der Waals surface area contributed by atoms with Crippen LogP contribution in [0.5, 0.6) is 5.75 Å². The first kappa shape index (κ1) is 42.2. The molecule has 6 nitrogen and oxygen atoms in total. The number of benzene rings is 6. The number of hydrogen-bond acceptors (Lipinski definition) is 4. The zero-order valence-corrected chi connectivity index (χ0v) is 38.2. The third-order valence-electron chi connectivity index (χ3n) is 11.7. The fourth-order valence-electron chi connectivity index (χ4n) is 8.38. The number of aromatic hydroxyl groups is 1. The summed E-state index contributed by atoms with van der Waals surface area (Å²) in [6.07, 6.45) is 3.53. The SMILES string of the molecule is [C-]#[N+]c1ccc(-c2cc(-c3[c-]c(-c4cc(-c5ccccc5)ccn4)cc(C(C)(C)C)c3)c3nc(-c4c(O)ccc5occc45)n(-c4c(C(C)C)cccc4C(C)C)c3c2)cc1.[Pt]. The second kappa shape index (κ2) is 16.7. The van der Waals surface area contributed by atoms with Crippen molar-refractivity contribution in [3.63, 3.8) is 0 Å². The van der Waals surface area contributed by atoms with Gasteiger partial charge in [0.1, 0.15) is 17.2 Å². The Morgan fingerprint density at radius 2 is 1.42 bits per heavy atom. The minimum absolute atomic E-state index is 0. The number of pyridine rings is 1. The van der Waals surface area contributed by atoms with E-state index in [1.54, 1.807) is 18.4 Å². The molecule has 9 rings (SSSR count). The monoisotopic (exact) mass is 990 g/mol. The van der Waals surface area contributed by atoms with Crippen molar-refractivity contribution < 1.29 is 30.6 Å². The van der Waals surface area contributed by atoms with E-state index in [1.165, 1.54) is 11.1 Å². The van der Waals surface area contributed by atoms with Gasteiger partial charge in [0, 0.05) is 38.3 Å². The van der Waals surface area contributed by atoms with Crippen molar-refractivity contribution in [1.29, 1.82) is 0 Å². The van der Waals surface area contributed by atoms with E-state index < -0.39 is 0 Å². The van der Waals surface area contributed by atoms with E-state index in [2.05, 4.69) is 137 Å². The maximum absolute atomic E-state index is 11.9. The van der Waals surface area contributed by atoms with E-state index >= 15 is 0 Å². The van der Waals surface area contributed by atoms with Gasteiger partial charge in [-0.3, -0.25) is 9.55 Å². The van der Waals surface area contributed by atoms with Gasteiger partial charge in [-0.05, 0) is 81.0 Å². The molecule has 0 saturated carbocycles. The number of nitrogens with zero attached hydrogens (tertiary/aromatic N) is 4. The van der Waals surface area contributed by atoms with Crippen molar-refractivity contribution in [1.82, 2.24) is 14.5 Å². The van der Waals surface area contributed by atoms with E-state index in [9.17, 15) is 5.11 Å². The summed E-state index contributed by atoms with van der Waals surface area (Å²) in [6.45, 7) is 23.2. The molecule has 0 saturated heterocycles. The number of hydrogen-bond donors (Lipinski definition) is 1. The van der Waals surface area contributed by atoms with Gasteiger partial charge >= 0.3 is 0 Å². The number of furan rings is 1. The molecular weight excluding hydrogens is 944 g/mol. The summed E-state index contributed by atoms with van der Waals surface area (Å²) in [7, 11) is 0. The normalized spacial score (nSPS) is 11.7. The van der Waals surface area contributed by atoms with E-state index in [0.29, 0.717) is 22.7 Å². The number of imidazole rings is 1. The van der Waals surface area contributed by atoms with Gasteiger partial charge in [-0.1, -0.05) is 145 Å². The van der Waals surface area contributed by atoms with E-state index in [1.807, 2.05) is 48.7 Å². The zero-order valence-electron chi connectivity index (χ0n) is 35.9. The Morgan fingerprint density at radius 3 is 2.10 bits per heavy atom. The molecule has 310 valence electrons. The molecular formula is C55H47N4O2Pt-. The van der Waals surface area contributed by atoms with E-state index in [0.717, 1.165) is 72.3 Å². The van der Waals surface area contributed by atoms with Gasteiger partial charge in [0.25, 0.3) is 0 Å². The Bertz CT molecular complexity index is 3120. The van der Waals surface area contributed by atoms with Crippen LogP contribution in [0, 0.1) is 12.6 Å². The Morgan fingerprint density at radius 1 is 0.726 bits per heavy atom. The van der Waals surface area contributed by atoms with Crippen LogP contribution in [0.25, 0.3) is 88.6 Å². The van der Waals surface area contributed by atoms with Gasteiger partial charge in [0.2, 0.25) is 0 Å². The van der Waals surface area contributed by atoms with Crippen LogP contribution >= 0.6 is 0 Å². The molecule has 0 aliphatic carbocycles. The Balaban J connectivity index is 0.00000529. The Kier molecular flexibility index (Phi) is 11.4. The smallest absolute Gasteiger partial charge is 0.187 e. The van der Waals surface area contributed by atoms with E-state index in [-0.39, 0.29) is 44.1 Å². The van der Waals surface area contributed by atoms with Gasteiger partial charge in [-0.2, -0.15) is 0 Å². The van der Waals surface area contributed by atoms with Crippen molar-refractivity contribution in [2.45, 2.75) is 65.7 Å². The standard InChI is InChI=1S/C55H47N4O2.Pt/c1-33(2)43-15-12-16-44(34(3)4)53(43)59-48-32-38(36-17-19-42(56-8)20-18-36)30-46(52(48)58-54(59)51-45-24-26-61-50(45)22-21-49(51)60)39-27-40(29-41(28-39)55(5,6)7)47-31-37(23-25-57-47)35-13-10-9-11-14-35;/h9-26,28-34,60H,1-7H3;/q-1;. The topological polar surface area (TPSA) is 68.4 Å². The predicted molar refractivity (Wildman–Crippen MR) is 249 cm³/mol. The maximum atomic E-state index is 11.9. The molecule has 0 radical (unpaired) electrons. The molecule has 0 fully saturated rings. The summed E-state index contributed by atoms with van der Waals surface area (Å²) in [4.78, 5) is 14.2. The molecule has 0 unspecified atom stereocenters. The summed E-state index contributed by atoms with van der Waals surface area (Å²) < 4.78 is 8.19. The van der Waals surface area contributed by atoms with E-state index in [4.69, 9.17) is 21.0 Å². The number of rotatable bonds is 8. The average Bonchev–Trinajstić information content (AvgIpc) is 3.90. The van der Waals surface area contributed by atoms with Crippen LogP contribution in [0.2, 0.25) is 0 Å². The number of phenols is 1. The van der Waals surface area contributed by atoms with Crippen molar-refractivity contribution in [3.8, 4) is 67.5 Å². The van der Waals surface area contributed by atoms with Crippen LogP contribution in [0.3, 0.4) is 0 Å². The predicted octanol–water partition coefficient (Wildman–Crippen LogP) is 15.1. The van der Waals surface area contributed by atoms with Crippen LogP contribution in [-0.2, 0) is 26.5 Å². The molecule has 3 aromatic heterocycles. The van der Waals surface area contributed by atoms with Crippen molar-refractivity contribution in [2.24, 2.45) is 0 Å². The van der Waals surface area contributed by atoms with Crippen LogP contribution in [0.1, 0.15) is 77.0 Å². The number of phenolic OH excluding ortho intramolecular Hbond substituents is 1. The molecule has 6 aromatic carbocycles. The molecule has 0 spiro atoms. The molecule has 0 aliphatic heterocycles. The molecule has 9 aromatic rings. The first-order chi connectivity index (χ1) is 29.4. The minimum Gasteiger partial charge on any atom is -0.507 e. The minimum atomic E-state index is -0.211. The third-order valence-corrected chi connectivity index (χ3v) is 11.7. The van der Waals surface area contributed by atoms with Crippen LogP contribution < -0.4 is 0 Å². The molecule has 3 heterocycles. The first-order valence-electron chi connectivity index (χ1n) is 20.9. The van der Waals surface area contributed by atoms with Gasteiger partial charge < -0.3 is 9.52 Å². The quantitative estimate of drug-likeness (QED) is 0.154. The molecule has 0 atom stereocenters. The number of fused-ring (bicyclic) bond motifs is 2. The zero-order chi connectivity index (χ0) is 42.6. The second-order valence-electron chi connectivity index (χ2n) is 17.4. The molecule has 1 N–H and O–H groups in total. The van der Waals surface area contributed by atoms with Crippen molar-refractivity contribution in [3.05, 3.63) is 174 Å². The van der Waals surface area contributed by atoms with Crippen LogP contribution in [0.4, 0.5) is 5.69 Å². The maximum Gasteiger partial charge on any atom is 0.187 e. The van der Waals surface area contributed by atoms with Crippen LogP contribution in [0.15, 0.2) is 144 Å². The molecule has 7 heteroatoms. The second-order valence-corrected chi connectivity index (χ2v) is 17.4. The first-order valence-corrected chi connectivity index (χ1v) is 20.9. The average molecular weight is 991 g/mol. The summed E-state index contributed by atoms with van der Waals surface area (Å²) in [5.41, 5.74) is 15.4. The van der Waals surface area contributed by atoms with Crippen molar-refractivity contribution >= 4 is 27.7 Å². The Hall–Kier alpha value is -6.54. The molecule has 62 heavy (non-hydrogen) atoms. The molecule has 0 aliphatic rings. The van der Waals surface area contributed by atoms with Gasteiger partial charge in [-0.15, -0.1) is 29.3 Å². The molecule has 0 bridgehead atoms. The molecule has 0 amide bonds. The van der Waals surface area contributed by atoms with Gasteiger partial charge in [0.05, 0.1) is 35.1 Å².